The third kappa shape index (κ3) is 4.33. The van der Waals surface area contributed by atoms with E-state index in [0.717, 1.165) is 11.3 Å². The SMILES string of the molecule is O=C(NCCn1ccc(-c2ccsc2)n1)c1ccccc1C(=O)c1ccccc1. The second kappa shape index (κ2) is 8.67. The van der Waals surface area contributed by atoms with Crippen LogP contribution in [0.25, 0.3) is 11.3 Å². The standard InChI is InChI=1S/C23H19N3O2S/c27-22(17-6-2-1-3-7-17)19-8-4-5-9-20(19)23(28)24-12-14-26-13-10-21(25-26)18-11-15-29-16-18/h1-11,13,15-16H,12,14H2,(H,24,28). The molecule has 1 N–H and O–H groups in total. The van der Waals surface area contributed by atoms with Gasteiger partial charge in [-0.05, 0) is 23.6 Å². The van der Waals surface area contributed by atoms with Crippen molar-refractivity contribution in [3.63, 3.8) is 0 Å². The molecule has 2 aromatic heterocycles. The molecule has 6 heteroatoms. The van der Waals surface area contributed by atoms with Gasteiger partial charge in [0, 0.05) is 34.8 Å². The molecule has 0 aliphatic carbocycles. The first-order valence-corrected chi connectivity index (χ1v) is 10.2. The van der Waals surface area contributed by atoms with E-state index in [1.54, 1.807) is 52.4 Å². The summed E-state index contributed by atoms with van der Waals surface area (Å²) in [4.78, 5) is 25.5. The Bertz CT molecular complexity index is 1120. The van der Waals surface area contributed by atoms with Crippen LogP contribution < -0.4 is 5.32 Å². The molecule has 144 valence electrons. The maximum absolute atomic E-state index is 12.8. The first-order valence-electron chi connectivity index (χ1n) is 9.25. The van der Waals surface area contributed by atoms with E-state index in [0.29, 0.717) is 29.8 Å². The zero-order valence-corrected chi connectivity index (χ0v) is 16.4. The van der Waals surface area contributed by atoms with Gasteiger partial charge in [0.1, 0.15) is 0 Å². The molecule has 0 atom stereocenters. The molecule has 0 bridgehead atoms. The number of aromatic nitrogens is 2. The molecule has 0 radical (unpaired) electrons. The molecule has 0 saturated carbocycles. The van der Waals surface area contributed by atoms with Gasteiger partial charge in [-0.15, -0.1) is 0 Å². The molecular formula is C23H19N3O2S. The Labute approximate surface area is 172 Å². The van der Waals surface area contributed by atoms with Crippen LogP contribution in [0.2, 0.25) is 0 Å². The van der Waals surface area contributed by atoms with E-state index < -0.39 is 0 Å². The third-order valence-corrected chi connectivity index (χ3v) is 5.22. The smallest absolute Gasteiger partial charge is 0.252 e. The van der Waals surface area contributed by atoms with Gasteiger partial charge < -0.3 is 5.32 Å². The molecule has 5 nitrogen and oxygen atoms in total. The van der Waals surface area contributed by atoms with E-state index in [1.165, 1.54) is 0 Å². The van der Waals surface area contributed by atoms with Crippen LogP contribution in [0.1, 0.15) is 26.3 Å². The third-order valence-electron chi connectivity index (χ3n) is 4.54. The largest absolute Gasteiger partial charge is 0.350 e. The summed E-state index contributed by atoms with van der Waals surface area (Å²) < 4.78 is 1.80. The number of benzene rings is 2. The number of thiophene rings is 1. The summed E-state index contributed by atoms with van der Waals surface area (Å²) in [6.45, 7) is 0.960. The number of rotatable bonds is 7. The fraction of sp³-hybridized carbons (Fsp3) is 0.0870. The van der Waals surface area contributed by atoms with Crippen LogP contribution in [0.4, 0.5) is 0 Å². The Morgan fingerprint density at radius 2 is 1.69 bits per heavy atom. The second-order valence-corrected chi connectivity index (χ2v) is 7.25. The first-order chi connectivity index (χ1) is 14.2. The monoisotopic (exact) mass is 401 g/mol. The number of hydrogen-bond donors (Lipinski definition) is 1. The van der Waals surface area contributed by atoms with E-state index in [-0.39, 0.29) is 11.7 Å². The van der Waals surface area contributed by atoms with Gasteiger partial charge in [0.2, 0.25) is 0 Å². The van der Waals surface area contributed by atoms with Crippen molar-refractivity contribution in [2.24, 2.45) is 0 Å². The lowest BCUT2D eigenvalue weighted by atomic mass is 9.98. The minimum absolute atomic E-state index is 0.163. The molecule has 0 aliphatic rings. The van der Waals surface area contributed by atoms with Crippen LogP contribution >= 0.6 is 11.3 Å². The second-order valence-electron chi connectivity index (χ2n) is 6.47. The van der Waals surface area contributed by atoms with Crippen molar-refractivity contribution in [3.8, 4) is 11.3 Å². The predicted octanol–water partition coefficient (Wildman–Crippen LogP) is 4.27. The van der Waals surface area contributed by atoms with Gasteiger partial charge in [0.05, 0.1) is 17.8 Å². The summed E-state index contributed by atoms with van der Waals surface area (Å²) in [6.07, 6.45) is 1.89. The number of carbonyl (C=O) groups is 2. The van der Waals surface area contributed by atoms with Crippen molar-refractivity contribution in [1.82, 2.24) is 15.1 Å². The number of amides is 1. The Morgan fingerprint density at radius 1 is 0.931 bits per heavy atom. The highest BCUT2D eigenvalue weighted by Crippen LogP contribution is 2.19. The zero-order valence-electron chi connectivity index (χ0n) is 15.6. The number of nitrogens with one attached hydrogen (secondary N) is 1. The van der Waals surface area contributed by atoms with Crippen molar-refractivity contribution < 1.29 is 9.59 Å². The van der Waals surface area contributed by atoms with Gasteiger partial charge in [0.15, 0.2) is 5.78 Å². The van der Waals surface area contributed by atoms with Crippen LogP contribution in [0.15, 0.2) is 83.7 Å². The Morgan fingerprint density at radius 3 is 2.45 bits per heavy atom. The molecule has 0 fully saturated rings. The quantitative estimate of drug-likeness (QED) is 0.470. The van der Waals surface area contributed by atoms with Gasteiger partial charge in [-0.1, -0.05) is 48.5 Å². The number of carbonyl (C=O) groups excluding carboxylic acids is 2. The van der Waals surface area contributed by atoms with Gasteiger partial charge in [-0.25, -0.2) is 0 Å². The van der Waals surface area contributed by atoms with Crippen molar-refractivity contribution in [2.45, 2.75) is 6.54 Å². The molecule has 1 amide bonds. The van der Waals surface area contributed by atoms with Gasteiger partial charge in [-0.3, -0.25) is 14.3 Å². The van der Waals surface area contributed by atoms with Crippen LogP contribution in [0.5, 0.6) is 0 Å². The fourth-order valence-electron chi connectivity index (χ4n) is 3.05. The minimum Gasteiger partial charge on any atom is -0.350 e. The van der Waals surface area contributed by atoms with Gasteiger partial charge >= 0.3 is 0 Å². The lowest BCUT2D eigenvalue weighted by Crippen LogP contribution is -2.28. The predicted molar refractivity (Wildman–Crippen MR) is 114 cm³/mol. The summed E-state index contributed by atoms with van der Waals surface area (Å²) >= 11 is 1.63. The topological polar surface area (TPSA) is 64.0 Å². The van der Waals surface area contributed by atoms with Crippen LogP contribution in [0, 0.1) is 0 Å². The number of hydrogen-bond acceptors (Lipinski definition) is 4. The Kier molecular flexibility index (Phi) is 5.63. The Balaban J connectivity index is 1.41. The normalized spacial score (nSPS) is 10.6. The van der Waals surface area contributed by atoms with Crippen molar-refractivity contribution in [2.75, 3.05) is 6.54 Å². The number of ketones is 1. The van der Waals surface area contributed by atoms with Gasteiger partial charge in [-0.2, -0.15) is 16.4 Å². The highest BCUT2D eigenvalue weighted by molar-refractivity contribution is 7.08. The van der Waals surface area contributed by atoms with E-state index in [4.69, 9.17) is 0 Å². The summed E-state index contributed by atoms with van der Waals surface area (Å²) in [6, 6.07) is 19.8. The highest BCUT2D eigenvalue weighted by atomic mass is 32.1. The van der Waals surface area contributed by atoms with Crippen molar-refractivity contribution >= 4 is 23.0 Å². The zero-order chi connectivity index (χ0) is 20.1. The molecule has 29 heavy (non-hydrogen) atoms. The summed E-state index contributed by atoms with van der Waals surface area (Å²) in [5.74, 6) is -0.432. The minimum atomic E-state index is -0.268. The molecule has 4 aromatic rings. The van der Waals surface area contributed by atoms with Gasteiger partial charge in [0.25, 0.3) is 5.91 Å². The van der Waals surface area contributed by atoms with E-state index in [2.05, 4.69) is 15.8 Å². The maximum Gasteiger partial charge on any atom is 0.252 e. The van der Waals surface area contributed by atoms with Crippen LogP contribution in [-0.2, 0) is 6.54 Å². The highest BCUT2D eigenvalue weighted by Gasteiger charge is 2.17. The fourth-order valence-corrected chi connectivity index (χ4v) is 3.70. The molecule has 0 unspecified atom stereocenters. The van der Waals surface area contributed by atoms with Crippen LogP contribution in [-0.4, -0.2) is 28.0 Å². The lowest BCUT2D eigenvalue weighted by molar-refractivity contribution is 0.0940. The van der Waals surface area contributed by atoms with E-state index in [1.807, 2.05) is 41.9 Å². The summed E-state index contributed by atoms with van der Waals surface area (Å²) in [5.41, 5.74) is 3.34. The molecule has 0 aliphatic heterocycles. The first kappa shape index (κ1) is 18.8. The lowest BCUT2D eigenvalue weighted by Gasteiger charge is -2.10. The molecule has 2 aromatic carbocycles. The van der Waals surface area contributed by atoms with Crippen molar-refractivity contribution in [1.29, 1.82) is 0 Å². The molecular weight excluding hydrogens is 382 g/mol. The van der Waals surface area contributed by atoms with Crippen molar-refractivity contribution in [3.05, 3.63) is 100 Å². The molecule has 4 rings (SSSR count). The number of nitrogens with zero attached hydrogens (tertiary/aromatic N) is 2. The molecule has 0 spiro atoms. The average Bonchev–Trinajstić information content (AvgIpc) is 3.46. The molecule has 2 heterocycles. The average molecular weight is 401 g/mol. The van der Waals surface area contributed by atoms with Crippen LogP contribution in [0.3, 0.4) is 0 Å². The summed E-state index contributed by atoms with van der Waals surface area (Å²) in [5, 5.41) is 11.5. The summed E-state index contributed by atoms with van der Waals surface area (Å²) in [7, 11) is 0. The molecule has 0 saturated heterocycles. The Hall–Kier alpha value is -3.51. The van der Waals surface area contributed by atoms with E-state index in [9.17, 15) is 9.59 Å². The van der Waals surface area contributed by atoms with E-state index >= 15 is 0 Å². The maximum atomic E-state index is 12.8.